The lowest BCUT2D eigenvalue weighted by molar-refractivity contribution is -0.178. The van der Waals surface area contributed by atoms with Crippen molar-refractivity contribution in [1.29, 1.82) is 0 Å². The van der Waals surface area contributed by atoms with Crippen LogP contribution in [0.2, 0.25) is 0 Å². The second-order valence-electron chi connectivity index (χ2n) is 7.66. The van der Waals surface area contributed by atoms with Crippen molar-refractivity contribution in [3.8, 4) is 17.0 Å². The predicted octanol–water partition coefficient (Wildman–Crippen LogP) is 2.75. The molecule has 1 fully saturated rings. The topological polar surface area (TPSA) is 110 Å². The molecule has 3 aromatic rings. The number of aliphatic hydroxyl groups is 3. The van der Waals surface area contributed by atoms with Crippen LogP contribution in [-0.2, 0) is 4.74 Å². The Morgan fingerprint density at radius 1 is 1.09 bits per heavy atom. The maximum absolute atomic E-state index is 13.6. The van der Waals surface area contributed by atoms with Gasteiger partial charge in [0.15, 0.2) is 17.5 Å². The molecule has 0 saturated carbocycles. The molecule has 0 aliphatic carbocycles. The van der Waals surface area contributed by atoms with Gasteiger partial charge >= 0.3 is 0 Å². The van der Waals surface area contributed by atoms with E-state index in [0.717, 1.165) is 33.5 Å². The van der Waals surface area contributed by atoms with Gasteiger partial charge in [-0.2, -0.15) is 0 Å². The fourth-order valence-electron chi connectivity index (χ4n) is 3.64. The number of ether oxygens (including phenoxy) is 2. The van der Waals surface area contributed by atoms with Crippen LogP contribution < -0.4 is 4.74 Å². The zero-order valence-electron chi connectivity index (χ0n) is 18.0. The highest BCUT2D eigenvalue weighted by atomic mass is 35.5. The first-order chi connectivity index (χ1) is 16.8. The van der Waals surface area contributed by atoms with E-state index in [1.54, 1.807) is 24.3 Å². The van der Waals surface area contributed by atoms with Crippen LogP contribution in [0.5, 0.6) is 5.75 Å². The van der Waals surface area contributed by atoms with Gasteiger partial charge in [-0.15, -0.1) is 16.7 Å². The standard InChI is InChI=1S/C22H21ClF3N3O5S/c23-5-6-33-12-1-3-13(4-2-12)35-22-21(32)19(20(31)17(10-30)34-22)29-9-16(27-28-29)11-7-14(24)18(26)15(25)8-11/h1-4,7-9,17,19-22,30-32H,5-6,10H2/t17-,19+,20+,21-,22-/m1/s1. The van der Waals surface area contributed by atoms with E-state index < -0.39 is 53.8 Å². The lowest BCUT2D eigenvalue weighted by Gasteiger charge is -2.41. The number of hydrogen-bond donors (Lipinski definition) is 3. The van der Waals surface area contributed by atoms with Gasteiger partial charge in [-0.3, -0.25) is 0 Å². The molecule has 4 rings (SSSR count). The molecule has 1 aliphatic rings. The second-order valence-corrected chi connectivity index (χ2v) is 9.21. The van der Waals surface area contributed by atoms with Crippen LogP contribution in [-0.4, -0.2) is 73.2 Å². The molecule has 188 valence electrons. The molecule has 2 aromatic carbocycles. The molecule has 1 saturated heterocycles. The molecule has 0 radical (unpaired) electrons. The Bertz CT molecular complexity index is 1130. The van der Waals surface area contributed by atoms with Crippen LogP contribution in [0.15, 0.2) is 47.5 Å². The van der Waals surface area contributed by atoms with Crippen molar-refractivity contribution in [1.82, 2.24) is 15.0 Å². The third-order valence-corrected chi connectivity index (χ3v) is 6.69. The first-order valence-electron chi connectivity index (χ1n) is 10.5. The molecule has 1 aromatic heterocycles. The van der Waals surface area contributed by atoms with Gasteiger partial charge in [0.05, 0.1) is 18.7 Å². The van der Waals surface area contributed by atoms with Crippen molar-refractivity contribution in [2.45, 2.75) is 34.7 Å². The van der Waals surface area contributed by atoms with E-state index in [1.807, 2.05) is 0 Å². The van der Waals surface area contributed by atoms with Crippen LogP contribution >= 0.6 is 23.4 Å². The van der Waals surface area contributed by atoms with Crippen molar-refractivity contribution in [3.05, 3.63) is 60.0 Å². The fraction of sp³-hybridized carbons (Fsp3) is 0.364. The Morgan fingerprint density at radius 2 is 1.77 bits per heavy atom. The van der Waals surface area contributed by atoms with E-state index in [-0.39, 0.29) is 11.3 Å². The molecule has 2 heterocycles. The van der Waals surface area contributed by atoms with Gasteiger partial charge in [-0.05, 0) is 36.4 Å². The normalized spacial score (nSPS) is 24.5. The van der Waals surface area contributed by atoms with Crippen LogP contribution in [0.4, 0.5) is 13.2 Å². The van der Waals surface area contributed by atoms with Crippen LogP contribution in [0.1, 0.15) is 6.04 Å². The highest BCUT2D eigenvalue weighted by molar-refractivity contribution is 7.99. The molecule has 0 amide bonds. The Hall–Kier alpha value is -2.35. The molecular formula is C22H21ClF3N3O5S. The SMILES string of the molecule is OC[C@H]1O[C@H](Sc2ccc(OCCCl)cc2)[C@H](O)[C@@H](n2cc(-c3cc(F)c(F)c(F)c3)nn2)[C@H]1O. The van der Waals surface area contributed by atoms with Crippen molar-refractivity contribution in [2.75, 3.05) is 19.1 Å². The van der Waals surface area contributed by atoms with Crippen LogP contribution in [0.3, 0.4) is 0 Å². The van der Waals surface area contributed by atoms with Crippen molar-refractivity contribution >= 4 is 23.4 Å². The van der Waals surface area contributed by atoms with Crippen molar-refractivity contribution < 1.29 is 38.0 Å². The summed E-state index contributed by atoms with van der Waals surface area (Å²) in [5.41, 5.74) is -1.00. The molecule has 0 unspecified atom stereocenters. The number of aliphatic hydroxyl groups excluding tert-OH is 3. The summed E-state index contributed by atoms with van der Waals surface area (Å²) in [6.07, 6.45) is -2.50. The average molecular weight is 532 g/mol. The molecule has 0 spiro atoms. The maximum Gasteiger partial charge on any atom is 0.194 e. The minimum atomic E-state index is -1.61. The van der Waals surface area contributed by atoms with E-state index in [1.165, 1.54) is 6.20 Å². The second kappa shape index (κ2) is 11.1. The van der Waals surface area contributed by atoms with Gasteiger partial charge in [-0.25, -0.2) is 17.9 Å². The molecule has 35 heavy (non-hydrogen) atoms. The number of aromatic nitrogens is 3. The third kappa shape index (κ3) is 5.57. The summed E-state index contributed by atoms with van der Waals surface area (Å²) in [4.78, 5) is 0.718. The quantitative estimate of drug-likeness (QED) is 0.301. The third-order valence-electron chi connectivity index (χ3n) is 5.37. The molecule has 8 nitrogen and oxygen atoms in total. The Morgan fingerprint density at radius 3 is 2.40 bits per heavy atom. The number of nitrogens with zero attached hydrogens (tertiary/aromatic N) is 3. The smallest absolute Gasteiger partial charge is 0.194 e. The van der Waals surface area contributed by atoms with E-state index >= 15 is 0 Å². The Kier molecular flexibility index (Phi) is 8.19. The summed E-state index contributed by atoms with van der Waals surface area (Å²) in [6, 6.07) is 7.38. The van der Waals surface area contributed by atoms with E-state index in [9.17, 15) is 28.5 Å². The van der Waals surface area contributed by atoms with Crippen molar-refractivity contribution in [2.24, 2.45) is 0 Å². The number of rotatable bonds is 8. The van der Waals surface area contributed by atoms with Gasteiger partial charge in [-0.1, -0.05) is 17.0 Å². The van der Waals surface area contributed by atoms with Crippen LogP contribution in [0.25, 0.3) is 11.3 Å². The number of thioether (sulfide) groups is 1. The molecular weight excluding hydrogens is 511 g/mol. The van der Waals surface area contributed by atoms with Gasteiger partial charge in [0, 0.05) is 10.5 Å². The maximum atomic E-state index is 13.6. The summed E-state index contributed by atoms with van der Waals surface area (Å²) >= 11 is 6.77. The van der Waals surface area contributed by atoms with Crippen molar-refractivity contribution in [3.63, 3.8) is 0 Å². The first-order valence-corrected chi connectivity index (χ1v) is 11.9. The Labute approximate surface area is 207 Å². The highest BCUT2D eigenvalue weighted by Crippen LogP contribution is 2.38. The molecule has 5 atom stereocenters. The molecule has 13 heteroatoms. The van der Waals surface area contributed by atoms with E-state index in [0.29, 0.717) is 18.2 Å². The minimum absolute atomic E-state index is 0.00835. The lowest BCUT2D eigenvalue weighted by Crippen LogP contribution is -2.55. The fourth-order valence-corrected chi connectivity index (χ4v) is 4.78. The summed E-state index contributed by atoms with van der Waals surface area (Å²) in [5.74, 6) is -3.43. The molecule has 1 aliphatic heterocycles. The molecule has 0 bridgehead atoms. The first kappa shape index (κ1) is 25.7. The highest BCUT2D eigenvalue weighted by Gasteiger charge is 2.46. The van der Waals surface area contributed by atoms with Gasteiger partial charge in [0.1, 0.15) is 47.8 Å². The predicted molar refractivity (Wildman–Crippen MR) is 121 cm³/mol. The molecule has 3 N–H and O–H groups in total. The number of alkyl halides is 1. The summed E-state index contributed by atoms with van der Waals surface area (Å²) in [7, 11) is 0. The summed E-state index contributed by atoms with van der Waals surface area (Å²) in [5, 5.41) is 39.2. The summed E-state index contributed by atoms with van der Waals surface area (Å²) in [6.45, 7) is -0.185. The van der Waals surface area contributed by atoms with E-state index in [2.05, 4.69) is 10.3 Å². The zero-order valence-corrected chi connectivity index (χ0v) is 19.5. The number of hydrogen-bond acceptors (Lipinski definition) is 8. The van der Waals surface area contributed by atoms with Crippen LogP contribution in [0, 0.1) is 17.5 Å². The van der Waals surface area contributed by atoms with Gasteiger partial charge in [0.25, 0.3) is 0 Å². The largest absolute Gasteiger partial charge is 0.492 e. The Balaban J connectivity index is 1.56. The lowest BCUT2D eigenvalue weighted by atomic mass is 9.97. The van der Waals surface area contributed by atoms with E-state index in [4.69, 9.17) is 21.1 Å². The monoisotopic (exact) mass is 531 g/mol. The number of benzene rings is 2. The average Bonchev–Trinajstić information content (AvgIpc) is 3.33. The number of halogens is 4. The minimum Gasteiger partial charge on any atom is -0.492 e. The van der Waals surface area contributed by atoms with Gasteiger partial charge < -0.3 is 24.8 Å². The van der Waals surface area contributed by atoms with Gasteiger partial charge in [0.2, 0.25) is 0 Å². The summed E-state index contributed by atoms with van der Waals surface area (Å²) < 4.78 is 52.9. The zero-order chi connectivity index (χ0) is 25.1.